The lowest BCUT2D eigenvalue weighted by atomic mass is 9.94. The molecule has 0 aromatic heterocycles. The molecule has 0 aliphatic carbocycles. The highest BCUT2D eigenvalue weighted by atomic mass is 16.5. The smallest absolute Gasteiger partial charge is 0.0746 e. The molecule has 78 valence electrons. The molecule has 0 saturated carbocycles. The topological polar surface area (TPSA) is 32.7 Å². The van der Waals surface area contributed by atoms with E-state index in [-0.39, 0.29) is 0 Å². The summed E-state index contributed by atoms with van der Waals surface area (Å²) in [4.78, 5) is 2.30. The third kappa shape index (κ3) is 3.25. The minimum atomic E-state index is -0.500. The summed E-state index contributed by atoms with van der Waals surface area (Å²) in [6, 6.07) is 0.414. The van der Waals surface area contributed by atoms with Gasteiger partial charge in [-0.25, -0.2) is 0 Å². The van der Waals surface area contributed by atoms with Gasteiger partial charge in [0, 0.05) is 19.7 Å². The molecular weight excluding hydrogens is 166 g/mol. The molecular formula is C10H21NO2. The van der Waals surface area contributed by atoms with Crippen LogP contribution in [0.4, 0.5) is 0 Å². The zero-order valence-electron chi connectivity index (χ0n) is 8.92. The van der Waals surface area contributed by atoms with Gasteiger partial charge in [0.2, 0.25) is 0 Å². The van der Waals surface area contributed by atoms with Crippen LogP contribution in [0.2, 0.25) is 0 Å². The fourth-order valence-electron chi connectivity index (χ4n) is 1.98. The lowest BCUT2D eigenvalue weighted by Gasteiger charge is -2.39. The van der Waals surface area contributed by atoms with Crippen molar-refractivity contribution in [2.75, 3.05) is 26.8 Å². The van der Waals surface area contributed by atoms with Crippen LogP contribution >= 0.6 is 0 Å². The Balaban J connectivity index is 2.42. The van der Waals surface area contributed by atoms with Crippen LogP contribution in [-0.2, 0) is 4.74 Å². The largest absolute Gasteiger partial charge is 0.389 e. The summed E-state index contributed by atoms with van der Waals surface area (Å²) in [5, 5.41) is 9.88. The number of ether oxygens (including phenoxy) is 1. The van der Waals surface area contributed by atoms with E-state index < -0.39 is 5.60 Å². The van der Waals surface area contributed by atoms with Gasteiger partial charge >= 0.3 is 0 Å². The maximum Gasteiger partial charge on any atom is 0.0746 e. The predicted octanol–water partition coefficient (Wildman–Crippen LogP) is 0.868. The van der Waals surface area contributed by atoms with E-state index in [1.807, 2.05) is 6.92 Å². The molecule has 1 aliphatic rings. The van der Waals surface area contributed by atoms with Crippen molar-refractivity contribution >= 4 is 0 Å². The van der Waals surface area contributed by atoms with Crippen molar-refractivity contribution in [3.8, 4) is 0 Å². The van der Waals surface area contributed by atoms with Crippen molar-refractivity contribution in [1.82, 2.24) is 4.90 Å². The van der Waals surface area contributed by atoms with Gasteiger partial charge in [-0.1, -0.05) is 0 Å². The molecule has 1 saturated heterocycles. The number of likely N-dealkylation sites (tertiary alicyclic amines) is 1. The minimum absolute atomic E-state index is 0.414. The van der Waals surface area contributed by atoms with Crippen LogP contribution in [0.25, 0.3) is 0 Å². The van der Waals surface area contributed by atoms with Crippen LogP contribution in [0.3, 0.4) is 0 Å². The molecule has 0 spiro atoms. The van der Waals surface area contributed by atoms with E-state index in [4.69, 9.17) is 4.74 Å². The number of β-amino-alcohol motifs (C(OH)–C–C–N with tert-alkyl or cyclic N) is 1. The molecule has 13 heavy (non-hydrogen) atoms. The predicted molar refractivity (Wildman–Crippen MR) is 52.8 cm³/mol. The Hall–Kier alpha value is -0.120. The first-order valence-electron chi connectivity index (χ1n) is 5.00. The number of rotatable bonds is 3. The quantitative estimate of drug-likeness (QED) is 0.711. The van der Waals surface area contributed by atoms with E-state index in [0.29, 0.717) is 6.04 Å². The van der Waals surface area contributed by atoms with Gasteiger partial charge in [0.25, 0.3) is 0 Å². The van der Waals surface area contributed by atoms with Gasteiger partial charge in [0.05, 0.1) is 12.2 Å². The Kier molecular flexibility index (Phi) is 3.71. The van der Waals surface area contributed by atoms with Gasteiger partial charge in [-0.05, 0) is 33.2 Å². The zero-order chi connectivity index (χ0) is 9.90. The lowest BCUT2D eigenvalue weighted by molar-refractivity contribution is -0.0376. The summed E-state index contributed by atoms with van der Waals surface area (Å²) in [5.41, 5.74) is -0.500. The molecule has 2 unspecified atom stereocenters. The Morgan fingerprint density at radius 2 is 2.31 bits per heavy atom. The Labute approximate surface area is 80.7 Å². The third-order valence-electron chi connectivity index (χ3n) is 2.74. The highest BCUT2D eigenvalue weighted by Gasteiger charge is 2.30. The molecule has 1 N–H and O–H groups in total. The average molecular weight is 187 g/mol. The van der Waals surface area contributed by atoms with Gasteiger partial charge < -0.3 is 9.84 Å². The normalized spacial score (nSPS) is 33.2. The van der Waals surface area contributed by atoms with Gasteiger partial charge in [-0.15, -0.1) is 0 Å². The monoisotopic (exact) mass is 187 g/mol. The number of hydrogen-bond donors (Lipinski definition) is 1. The van der Waals surface area contributed by atoms with Crippen molar-refractivity contribution < 1.29 is 9.84 Å². The molecule has 1 fully saturated rings. The van der Waals surface area contributed by atoms with Gasteiger partial charge in [0.1, 0.15) is 0 Å². The van der Waals surface area contributed by atoms with Crippen molar-refractivity contribution in [3.05, 3.63) is 0 Å². The van der Waals surface area contributed by atoms with Crippen molar-refractivity contribution in [1.29, 1.82) is 0 Å². The van der Waals surface area contributed by atoms with Crippen LogP contribution in [0.15, 0.2) is 0 Å². The summed E-state index contributed by atoms with van der Waals surface area (Å²) >= 11 is 0. The second kappa shape index (κ2) is 4.40. The summed E-state index contributed by atoms with van der Waals surface area (Å²) in [7, 11) is 1.72. The summed E-state index contributed by atoms with van der Waals surface area (Å²) in [6.45, 7) is 6.66. The number of aliphatic hydroxyl groups is 1. The van der Waals surface area contributed by atoms with E-state index >= 15 is 0 Å². The Morgan fingerprint density at radius 3 is 2.85 bits per heavy atom. The van der Waals surface area contributed by atoms with E-state index in [2.05, 4.69) is 11.8 Å². The van der Waals surface area contributed by atoms with Crippen LogP contribution in [0.5, 0.6) is 0 Å². The van der Waals surface area contributed by atoms with Gasteiger partial charge in [-0.2, -0.15) is 0 Å². The maximum atomic E-state index is 9.88. The molecule has 2 atom stereocenters. The summed E-state index contributed by atoms with van der Waals surface area (Å²) in [6.07, 6.45) is 2.00. The van der Waals surface area contributed by atoms with Gasteiger partial charge in [0.15, 0.2) is 0 Å². The highest BCUT2D eigenvalue weighted by molar-refractivity contribution is 4.85. The molecule has 3 nitrogen and oxygen atoms in total. The molecule has 0 aromatic carbocycles. The van der Waals surface area contributed by atoms with Crippen LogP contribution in [0, 0.1) is 0 Å². The fourth-order valence-corrected chi connectivity index (χ4v) is 1.98. The first kappa shape index (κ1) is 11.0. The number of piperidine rings is 1. The highest BCUT2D eigenvalue weighted by Crippen LogP contribution is 2.21. The number of hydrogen-bond acceptors (Lipinski definition) is 3. The van der Waals surface area contributed by atoms with Crippen LogP contribution in [0.1, 0.15) is 26.7 Å². The molecule has 0 bridgehead atoms. The minimum Gasteiger partial charge on any atom is -0.389 e. The van der Waals surface area contributed by atoms with E-state index in [1.165, 1.54) is 0 Å². The third-order valence-corrected chi connectivity index (χ3v) is 2.74. The molecule has 1 aliphatic heterocycles. The van der Waals surface area contributed by atoms with Crippen molar-refractivity contribution in [2.24, 2.45) is 0 Å². The van der Waals surface area contributed by atoms with Crippen LogP contribution < -0.4 is 0 Å². The average Bonchev–Trinajstić information content (AvgIpc) is 2.03. The number of nitrogens with zero attached hydrogens (tertiary/aromatic N) is 1. The summed E-state index contributed by atoms with van der Waals surface area (Å²) < 4.78 is 5.10. The molecule has 0 radical (unpaired) electrons. The van der Waals surface area contributed by atoms with Crippen molar-refractivity contribution in [2.45, 2.75) is 38.3 Å². The second-order valence-corrected chi connectivity index (χ2v) is 4.38. The van der Waals surface area contributed by atoms with Crippen molar-refractivity contribution in [3.63, 3.8) is 0 Å². The van der Waals surface area contributed by atoms with Gasteiger partial charge in [-0.3, -0.25) is 4.90 Å². The molecule has 1 rings (SSSR count). The standard InChI is InChI=1S/C10H21NO2/c1-9(7-13-3)11-6-4-5-10(2,12)8-11/h9,12H,4-8H2,1-3H3. The first-order valence-corrected chi connectivity index (χ1v) is 5.00. The molecule has 0 aromatic rings. The first-order chi connectivity index (χ1) is 6.05. The second-order valence-electron chi connectivity index (χ2n) is 4.38. The summed E-state index contributed by atoms with van der Waals surface area (Å²) in [5.74, 6) is 0. The lowest BCUT2D eigenvalue weighted by Crippen LogP contribution is -2.50. The SMILES string of the molecule is COCC(C)N1CCCC(C)(O)C1. The van der Waals surface area contributed by atoms with E-state index in [9.17, 15) is 5.11 Å². The Bertz CT molecular complexity index is 159. The fraction of sp³-hybridized carbons (Fsp3) is 1.00. The van der Waals surface area contributed by atoms with E-state index in [0.717, 1.165) is 32.5 Å². The number of methoxy groups -OCH3 is 1. The molecule has 0 amide bonds. The van der Waals surface area contributed by atoms with Crippen LogP contribution in [-0.4, -0.2) is 48.5 Å². The Morgan fingerprint density at radius 1 is 1.62 bits per heavy atom. The molecule has 1 heterocycles. The molecule has 3 heteroatoms. The zero-order valence-corrected chi connectivity index (χ0v) is 8.92. The van der Waals surface area contributed by atoms with E-state index in [1.54, 1.807) is 7.11 Å². The maximum absolute atomic E-state index is 9.88.